The van der Waals surface area contributed by atoms with E-state index in [1.807, 2.05) is 24.3 Å². The molecule has 0 aliphatic carbocycles. The molecular weight excluding hydrogens is 386 g/mol. The Hall–Kier alpha value is -2.98. The number of fused-ring (bicyclic) bond motifs is 2. The van der Waals surface area contributed by atoms with E-state index in [0.29, 0.717) is 20.5 Å². The van der Waals surface area contributed by atoms with Gasteiger partial charge in [-0.05, 0) is 25.1 Å². The van der Waals surface area contributed by atoms with Gasteiger partial charge in [0.05, 0.1) is 31.4 Å². The van der Waals surface area contributed by atoms with Crippen LogP contribution in [0, 0.1) is 10.1 Å². The highest BCUT2D eigenvalue weighted by Gasteiger charge is 2.19. The Morgan fingerprint density at radius 2 is 2.07 bits per heavy atom. The van der Waals surface area contributed by atoms with Gasteiger partial charge in [-0.15, -0.1) is 0 Å². The van der Waals surface area contributed by atoms with Crippen LogP contribution in [-0.2, 0) is 4.79 Å². The number of amides is 1. The fourth-order valence-corrected chi connectivity index (χ4v) is 4.22. The van der Waals surface area contributed by atoms with E-state index in [4.69, 9.17) is 0 Å². The third-order valence-electron chi connectivity index (χ3n) is 3.84. The van der Waals surface area contributed by atoms with Crippen LogP contribution < -0.4 is 5.32 Å². The van der Waals surface area contributed by atoms with E-state index in [1.165, 1.54) is 35.2 Å². The summed E-state index contributed by atoms with van der Waals surface area (Å²) in [5.41, 5.74) is 2.37. The van der Waals surface area contributed by atoms with E-state index in [1.54, 1.807) is 13.0 Å². The van der Waals surface area contributed by atoms with Gasteiger partial charge in [0.2, 0.25) is 5.91 Å². The second-order valence-electron chi connectivity index (χ2n) is 5.74. The van der Waals surface area contributed by atoms with Crippen LogP contribution in [-0.4, -0.2) is 31.0 Å². The normalized spacial score (nSPS) is 12.3. The van der Waals surface area contributed by atoms with Crippen molar-refractivity contribution >= 4 is 61.1 Å². The van der Waals surface area contributed by atoms with Crippen LogP contribution in [0.2, 0.25) is 0 Å². The maximum Gasteiger partial charge on any atom is 0.270 e. The van der Waals surface area contributed by atoms with Gasteiger partial charge in [0.15, 0.2) is 10.3 Å². The Bertz CT molecular complexity index is 1140. The summed E-state index contributed by atoms with van der Waals surface area (Å²) in [6.07, 6.45) is 0. The largest absolute Gasteiger partial charge is 0.333 e. The van der Waals surface area contributed by atoms with Gasteiger partial charge in [-0.3, -0.25) is 14.9 Å². The van der Waals surface area contributed by atoms with Crippen LogP contribution in [0.3, 0.4) is 0 Å². The van der Waals surface area contributed by atoms with Crippen molar-refractivity contribution in [1.82, 2.24) is 15.0 Å². The van der Waals surface area contributed by atoms with E-state index in [9.17, 15) is 14.9 Å². The van der Waals surface area contributed by atoms with Crippen LogP contribution in [0.25, 0.3) is 21.3 Å². The number of carbonyl (C=O) groups excluding carboxylic acids is 1. The molecule has 1 unspecified atom stereocenters. The summed E-state index contributed by atoms with van der Waals surface area (Å²) < 4.78 is 0.650. The zero-order chi connectivity index (χ0) is 19.0. The summed E-state index contributed by atoms with van der Waals surface area (Å²) >= 11 is 2.52. The molecule has 8 nitrogen and oxygen atoms in total. The van der Waals surface area contributed by atoms with Crippen molar-refractivity contribution in [2.45, 2.75) is 17.3 Å². The van der Waals surface area contributed by atoms with Crippen molar-refractivity contribution < 1.29 is 9.72 Å². The highest BCUT2D eigenvalue weighted by Crippen LogP contribution is 2.30. The van der Waals surface area contributed by atoms with Crippen LogP contribution in [0.4, 0.5) is 10.8 Å². The molecule has 0 aliphatic rings. The lowest BCUT2D eigenvalue weighted by molar-refractivity contribution is -0.384. The van der Waals surface area contributed by atoms with Gasteiger partial charge in [-0.25, -0.2) is 9.97 Å². The quantitative estimate of drug-likeness (QED) is 0.295. The number of hydrogen-bond acceptors (Lipinski definition) is 7. The molecule has 0 fully saturated rings. The Morgan fingerprint density at radius 1 is 1.26 bits per heavy atom. The second kappa shape index (κ2) is 6.97. The molecule has 2 aromatic heterocycles. The Kier molecular flexibility index (Phi) is 4.50. The summed E-state index contributed by atoms with van der Waals surface area (Å²) in [5.74, 6) is -0.214. The molecule has 0 bridgehead atoms. The van der Waals surface area contributed by atoms with Crippen molar-refractivity contribution in [3.8, 4) is 0 Å². The number of hydrogen-bond donors (Lipinski definition) is 2. The fraction of sp³-hybridized carbons (Fsp3) is 0.118. The first-order valence-corrected chi connectivity index (χ1v) is 9.66. The number of anilines is 1. The lowest BCUT2D eigenvalue weighted by Crippen LogP contribution is -2.22. The number of aromatic nitrogens is 3. The molecule has 10 heteroatoms. The van der Waals surface area contributed by atoms with E-state index < -0.39 is 10.2 Å². The van der Waals surface area contributed by atoms with Gasteiger partial charge < -0.3 is 10.3 Å². The average molecular weight is 399 g/mol. The number of nitro groups is 1. The maximum absolute atomic E-state index is 12.5. The third kappa shape index (κ3) is 3.62. The van der Waals surface area contributed by atoms with E-state index in [-0.39, 0.29) is 11.6 Å². The van der Waals surface area contributed by atoms with Gasteiger partial charge >= 0.3 is 0 Å². The number of nitrogens with one attached hydrogen (secondary N) is 2. The van der Waals surface area contributed by atoms with Crippen molar-refractivity contribution in [2.24, 2.45) is 0 Å². The Balaban J connectivity index is 1.47. The molecule has 4 rings (SSSR count). The number of carbonyl (C=O) groups is 1. The number of nitro benzene ring substituents is 1. The molecule has 27 heavy (non-hydrogen) atoms. The predicted octanol–water partition coefficient (Wildman–Crippen LogP) is 4.20. The molecule has 2 aromatic carbocycles. The lowest BCUT2D eigenvalue weighted by atomic mass is 10.3. The smallest absolute Gasteiger partial charge is 0.270 e. The van der Waals surface area contributed by atoms with Gasteiger partial charge in [-0.1, -0.05) is 35.2 Å². The van der Waals surface area contributed by atoms with Crippen LogP contribution in [0.5, 0.6) is 0 Å². The number of thioether (sulfide) groups is 1. The zero-order valence-electron chi connectivity index (χ0n) is 14.0. The first-order chi connectivity index (χ1) is 13.0. The van der Waals surface area contributed by atoms with Crippen molar-refractivity contribution in [1.29, 1.82) is 0 Å². The van der Waals surface area contributed by atoms with Crippen LogP contribution in [0.15, 0.2) is 47.6 Å². The molecule has 0 saturated heterocycles. The Morgan fingerprint density at radius 3 is 2.85 bits per heavy atom. The molecule has 2 N–H and O–H groups in total. The van der Waals surface area contributed by atoms with Crippen LogP contribution in [0.1, 0.15) is 6.92 Å². The molecule has 136 valence electrons. The average Bonchev–Trinajstić information content (AvgIpc) is 3.23. The number of non-ortho nitro benzene ring substituents is 1. The number of thiazole rings is 1. The summed E-state index contributed by atoms with van der Waals surface area (Å²) in [6.45, 7) is 1.78. The highest BCUT2D eigenvalue weighted by molar-refractivity contribution is 8.00. The second-order valence-corrected chi connectivity index (χ2v) is 8.10. The zero-order valence-corrected chi connectivity index (χ0v) is 15.6. The van der Waals surface area contributed by atoms with Crippen molar-refractivity contribution in [2.75, 3.05) is 5.32 Å². The molecule has 2 heterocycles. The van der Waals surface area contributed by atoms with Crippen molar-refractivity contribution in [3.63, 3.8) is 0 Å². The molecular formula is C17H13N5O3S2. The number of para-hydroxylation sites is 2. The molecule has 0 saturated carbocycles. The van der Waals surface area contributed by atoms with Crippen molar-refractivity contribution in [3.05, 3.63) is 52.6 Å². The van der Waals surface area contributed by atoms with E-state index >= 15 is 0 Å². The third-order valence-corrected chi connectivity index (χ3v) is 5.76. The summed E-state index contributed by atoms with van der Waals surface area (Å²) in [5, 5.41) is 14.3. The van der Waals surface area contributed by atoms with E-state index in [0.717, 1.165) is 11.0 Å². The van der Waals surface area contributed by atoms with Gasteiger partial charge in [0.1, 0.15) is 0 Å². The number of imidazole rings is 1. The molecule has 1 amide bonds. The minimum absolute atomic E-state index is 0.00200. The predicted molar refractivity (Wildman–Crippen MR) is 106 cm³/mol. The topological polar surface area (TPSA) is 114 Å². The number of H-pyrrole nitrogens is 1. The fourth-order valence-electron chi connectivity index (χ4n) is 2.49. The minimum atomic E-state index is -0.455. The lowest BCUT2D eigenvalue weighted by Gasteiger charge is -2.08. The number of aromatic amines is 1. The maximum atomic E-state index is 12.5. The molecule has 4 aromatic rings. The SMILES string of the molecule is CC(Sc1nc2ccccc2[nH]1)C(=O)Nc1nc2ccc([N+](=O)[O-])cc2s1. The Labute approximate surface area is 161 Å². The first-order valence-electron chi connectivity index (χ1n) is 7.97. The number of nitrogens with zero attached hydrogens (tertiary/aromatic N) is 3. The molecule has 0 radical (unpaired) electrons. The van der Waals surface area contributed by atoms with Gasteiger partial charge in [0, 0.05) is 12.1 Å². The summed E-state index contributed by atoms with van der Waals surface area (Å²) in [6, 6.07) is 12.1. The summed E-state index contributed by atoms with van der Waals surface area (Å²) in [4.78, 5) is 34.8. The van der Waals surface area contributed by atoms with E-state index in [2.05, 4.69) is 20.3 Å². The highest BCUT2D eigenvalue weighted by atomic mass is 32.2. The van der Waals surface area contributed by atoms with Crippen LogP contribution >= 0.6 is 23.1 Å². The number of rotatable bonds is 5. The van der Waals surface area contributed by atoms with Gasteiger partial charge in [-0.2, -0.15) is 0 Å². The molecule has 1 atom stereocenters. The monoisotopic (exact) mass is 399 g/mol. The molecule has 0 spiro atoms. The number of benzene rings is 2. The first kappa shape index (κ1) is 17.4. The van der Waals surface area contributed by atoms with Gasteiger partial charge in [0.25, 0.3) is 5.69 Å². The minimum Gasteiger partial charge on any atom is -0.333 e. The molecule has 0 aliphatic heterocycles. The summed E-state index contributed by atoms with van der Waals surface area (Å²) in [7, 11) is 0. The standard InChI is InChI=1S/C17H13N5O3S2/c1-9(26-16-18-11-4-2-3-5-12(11)19-16)15(23)21-17-20-13-7-6-10(22(24)25)8-14(13)27-17/h2-9H,1H3,(H,18,19)(H,20,21,23).